The van der Waals surface area contributed by atoms with Crippen molar-refractivity contribution >= 4 is 23.3 Å². The van der Waals surface area contributed by atoms with E-state index in [1.54, 1.807) is 9.58 Å². The van der Waals surface area contributed by atoms with Gasteiger partial charge < -0.3 is 16.0 Å². The summed E-state index contributed by atoms with van der Waals surface area (Å²) in [5.74, 6) is 0.419. The van der Waals surface area contributed by atoms with E-state index in [2.05, 4.69) is 10.4 Å². The maximum Gasteiger partial charge on any atom is 0.240 e. The summed E-state index contributed by atoms with van der Waals surface area (Å²) in [6, 6.07) is 19.3. The highest BCUT2D eigenvalue weighted by molar-refractivity contribution is 6.00. The SMILES string of the molecule is Nc1cc(CCCNC(=O)CN2C(=O)CCc3ccccc32)nn1-c1ccccc1. The fourth-order valence-electron chi connectivity index (χ4n) is 3.71. The van der Waals surface area contributed by atoms with Gasteiger partial charge in [0.05, 0.1) is 11.4 Å². The third-order valence-corrected chi connectivity index (χ3v) is 5.21. The fourth-order valence-corrected chi connectivity index (χ4v) is 3.71. The molecule has 3 aromatic rings. The minimum Gasteiger partial charge on any atom is -0.384 e. The van der Waals surface area contributed by atoms with Crippen molar-refractivity contribution in [3.05, 3.63) is 71.9 Å². The van der Waals surface area contributed by atoms with E-state index < -0.39 is 0 Å². The van der Waals surface area contributed by atoms with E-state index in [-0.39, 0.29) is 18.4 Å². The minimum atomic E-state index is -0.158. The molecule has 1 aliphatic rings. The first-order valence-corrected chi connectivity index (χ1v) is 10.2. The number of rotatable bonds is 7. The molecule has 4 rings (SSSR count). The molecule has 2 aromatic carbocycles. The number of hydrogen-bond donors (Lipinski definition) is 2. The van der Waals surface area contributed by atoms with Crippen LogP contribution >= 0.6 is 0 Å². The lowest BCUT2D eigenvalue weighted by atomic mass is 10.0. The topological polar surface area (TPSA) is 93.2 Å². The third kappa shape index (κ3) is 4.35. The smallest absolute Gasteiger partial charge is 0.240 e. The molecule has 7 nitrogen and oxygen atoms in total. The number of hydrogen-bond acceptors (Lipinski definition) is 4. The van der Waals surface area contributed by atoms with Gasteiger partial charge in [0.15, 0.2) is 0 Å². The van der Waals surface area contributed by atoms with Crippen LogP contribution in [0.2, 0.25) is 0 Å². The second-order valence-electron chi connectivity index (χ2n) is 7.37. The molecule has 0 saturated carbocycles. The Morgan fingerprint density at radius 3 is 2.67 bits per heavy atom. The predicted molar refractivity (Wildman–Crippen MR) is 116 cm³/mol. The zero-order valence-electron chi connectivity index (χ0n) is 16.8. The summed E-state index contributed by atoms with van der Waals surface area (Å²) < 4.78 is 1.72. The third-order valence-electron chi connectivity index (χ3n) is 5.21. The molecule has 0 aliphatic carbocycles. The highest BCUT2D eigenvalue weighted by Crippen LogP contribution is 2.27. The number of aromatic nitrogens is 2. The van der Waals surface area contributed by atoms with Crippen molar-refractivity contribution < 1.29 is 9.59 Å². The summed E-state index contributed by atoms with van der Waals surface area (Å²) in [6.45, 7) is 0.562. The average Bonchev–Trinajstić information content (AvgIpc) is 3.14. The van der Waals surface area contributed by atoms with E-state index in [1.807, 2.05) is 60.7 Å². The normalized spacial score (nSPS) is 13.2. The molecule has 0 spiro atoms. The number of nitrogen functional groups attached to an aromatic ring is 1. The quantitative estimate of drug-likeness (QED) is 0.593. The number of amides is 2. The molecular formula is C23H25N5O2. The van der Waals surface area contributed by atoms with Gasteiger partial charge >= 0.3 is 0 Å². The Morgan fingerprint density at radius 2 is 1.83 bits per heavy atom. The summed E-state index contributed by atoms with van der Waals surface area (Å²) in [5.41, 5.74) is 9.82. The highest BCUT2D eigenvalue weighted by Gasteiger charge is 2.25. The molecule has 7 heteroatoms. The van der Waals surface area contributed by atoms with Gasteiger partial charge in [0.1, 0.15) is 12.4 Å². The molecule has 0 atom stereocenters. The zero-order valence-corrected chi connectivity index (χ0v) is 16.8. The van der Waals surface area contributed by atoms with Crippen molar-refractivity contribution in [2.75, 3.05) is 23.7 Å². The van der Waals surface area contributed by atoms with Crippen LogP contribution in [0, 0.1) is 0 Å². The van der Waals surface area contributed by atoms with Gasteiger partial charge in [0.25, 0.3) is 0 Å². The highest BCUT2D eigenvalue weighted by atomic mass is 16.2. The van der Waals surface area contributed by atoms with Crippen LogP contribution in [-0.2, 0) is 22.4 Å². The Hall–Kier alpha value is -3.61. The van der Waals surface area contributed by atoms with Crippen molar-refractivity contribution in [2.24, 2.45) is 0 Å². The lowest BCUT2D eigenvalue weighted by Crippen LogP contribution is -2.43. The van der Waals surface area contributed by atoms with Gasteiger partial charge in [-0.25, -0.2) is 4.68 Å². The summed E-state index contributed by atoms with van der Waals surface area (Å²) in [6.07, 6.45) is 2.61. The maximum absolute atomic E-state index is 12.4. The largest absolute Gasteiger partial charge is 0.384 e. The van der Waals surface area contributed by atoms with Crippen LogP contribution in [0.15, 0.2) is 60.7 Å². The van der Waals surface area contributed by atoms with Gasteiger partial charge in [-0.15, -0.1) is 0 Å². The molecule has 0 radical (unpaired) electrons. The Bertz CT molecular complexity index is 1040. The summed E-state index contributed by atoms with van der Waals surface area (Å²) in [4.78, 5) is 26.2. The number of nitrogens with one attached hydrogen (secondary N) is 1. The molecule has 2 heterocycles. The van der Waals surface area contributed by atoms with Crippen LogP contribution in [0.5, 0.6) is 0 Å². The van der Waals surface area contributed by atoms with Crippen LogP contribution < -0.4 is 16.0 Å². The van der Waals surface area contributed by atoms with E-state index in [4.69, 9.17) is 5.73 Å². The Morgan fingerprint density at radius 1 is 1.07 bits per heavy atom. The number of benzene rings is 2. The first kappa shape index (κ1) is 19.7. The van der Waals surface area contributed by atoms with Crippen LogP contribution in [0.3, 0.4) is 0 Å². The van der Waals surface area contributed by atoms with Crippen molar-refractivity contribution in [1.29, 1.82) is 0 Å². The number of para-hydroxylation sites is 2. The van der Waals surface area contributed by atoms with Crippen molar-refractivity contribution in [3.8, 4) is 5.69 Å². The lowest BCUT2D eigenvalue weighted by Gasteiger charge is -2.28. The van der Waals surface area contributed by atoms with Gasteiger partial charge in [-0.3, -0.25) is 9.59 Å². The second kappa shape index (κ2) is 8.82. The van der Waals surface area contributed by atoms with Gasteiger partial charge in [-0.1, -0.05) is 36.4 Å². The van der Waals surface area contributed by atoms with Crippen molar-refractivity contribution in [1.82, 2.24) is 15.1 Å². The fraction of sp³-hybridized carbons (Fsp3) is 0.261. The predicted octanol–water partition coefficient (Wildman–Crippen LogP) is 2.48. The number of aryl methyl sites for hydroxylation is 2. The summed E-state index contributed by atoms with van der Waals surface area (Å²) in [7, 11) is 0. The molecule has 3 N–H and O–H groups in total. The molecule has 30 heavy (non-hydrogen) atoms. The van der Waals surface area contributed by atoms with Crippen molar-refractivity contribution in [3.63, 3.8) is 0 Å². The number of nitrogens with zero attached hydrogens (tertiary/aromatic N) is 3. The van der Waals surface area contributed by atoms with Gasteiger partial charge in [0.2, 0.25) is 11.8 Å². The number of carbonyl (C=O) groups is 2. The monoisotopic (exact) mass is 403 g/mol. The van der Waals surface area contributed by atoms with Gasteiger partial charge in [0, 0.05) is 24.7 Å². The van der Waals surface area contributed by atoms with E-state index >= 15 is 0 Å². The van der Waals surface area contributed by atoms with Crippen molar-refractivity contribution in [2.45, 2.75) is 25.7 Å². The van der Waals surface area contributed by atoms with Crippen LogP contribution in [0.4, 0.5) is 11.5 Å². The van der Waals surface area contributed by atoms with Crippen LogP contribution in [-0.4, -0.2) is 34.7 Å². The Kier molecular flexibility index (Phi) is 5.79. The first-order chi connectivity index (χ1) is 14.6. The summed E-state index contributed by atoms with van der Waals surface area (Å²) in [5, 5.41) is 7.46. The number of anilines is 2. The number of fused-ring (bicyclic) bond motifs is 1. The second-order valence-corrected chi connectivity index (χ2v) is 7.37. The number of nitrogens with two attached hydrogens (primary N) is 1. The van der Waals surface area contributed by atoms with Gasteiger partial charge in [-0.05, 0) is 43.0 Å². The molecule has 1 aromatic heterocycles. The zero-order chi connectivity index (χ0) is 20.9. The Labute approximate surface area is 175 Å². The van der Waals surface area contributed by atoms with E-state index in [0.29, 0.717) is 25.2 Å². The number of carbonyl (C=O) groups excluding carboxylic acids is 2. The molecular weight excluding hydrogens is 378 g/mol. The maximum atomic E-state index is 12.4. The molecule has 2 amide bonds. The summed E-state index contributed by atoms with van der Waals surface area (Å²) >= 11 is 0. The average molecular weight is 403 g/mol. The van der Waals surface area contributed by atoms with Crippen LogP contribution in [0.1, 0.15) is 24.1 Å². The molecule has 154 valence electrons. The van der Waals surface area contributed by atoms with Crippen LogP contribution in [0.25, 0.3) is 5.69 Å². The van der Waals surface area contributed by atoms with E-state index in [1.165, 1.54) is 0 Å². The van der Waals surface area contributed by atoms with E-state index in [9.17, 15) is 9.59 Å². The Balaban J connectivity index is 1.27. The minimum absolute atomic E-state index is 0.00854. The molecule has 1 aliphatic heterocycles. The van der Waals surface area contributed by atoms with E-state index in [0.717, 1.165) is 35.5 Å². The molecule has 0 saturated heterocycles. The van der Waals surface area contributed by atoms with Gasteiger partial charge in [-0.2, -0.15) is 5.10 Å². The first-order valence-electron chi connectivity index (χ1n) is 10.2. The standard InChI is InChI=1S/C23H25N5O2/c24-21-15-18(26-28(21)19-9-2-1-3-10-19)8-6-14-25-22(29)16-27-20-11-5-4-7-17(20)12-13-23(27)30/h1-5,7,9-11,15H,6,8,12-14,16,24H2,(H,25,29). The molecule has 0 bridgehead atoms. The molecule has 0 fully saturated rings. The molecule has 0 unspecified atom stereocenters. The lowest BCUT2D eigenvalue weighted by molar-refractivity contribution is -0.124.